The van der Waals surface area contributed by atoms with E-state index in [0.29, 0.717) is 17.5 Å². The smallest absolute Gasteiger partial charge is 0.0330 e. The minimum absolute atomic E-state index is 0.430. The highest BCUT2D eigenvalue weighted by Gasteiger charge is 2.40. The third kappa shape index (κ3) is 4.71. The average molecular weight is 284 g/mol. The predicted octanol–water partition coefficient (Wildman–Crippen LogP) is 2.67. The van der Waals surface area contributed by atoms with Crippen LogP contribution in [-0.4, -0.2) is 62.2 Å². The molecule has 0 aromatic heterocycles. The number of nitrogens with zero attached hydrogens (tertiary/aromatic N) is 2. The molecule has 0 aromatic carbocycles. The van der Waals surface area contributed by atoms with Crippen molar-refractivity contribution < 1.29 is 0 Å². The largest absolute Gasteiger partial charge is 0.315 e. The van der Waals surface area contributed by atoms with Crippen molar-refractivity contribution in [2.24, 2.45) is 11.8 Å². The van der Waals surface area contributed by atoms with E-state index in [-0.39, 0.29) is 0 Å². The predicted molar refractivity (Wildman–Crippen MR) is 89.2 cm³/mol. The Labute approximate surface area is 127 Å². The van der Waals surface area contributed by atoms with Crippen LogP contribution in [0.2, 0.25) is 0 Å². The molecule has 1 aliphatic carbocycles. The van der Waals surface area contributed by atoms with Crippen LogP contribution >= 0.6 is 0 Å². The van der Waals surface area contributed by atoms with Gasteiger partial charge in [0.2, 0.25) is 0 Å². The van der Waals surface area contributed by atoms with Gasteiger partial charge in [0.25, 0.3) is 0 Å². The number of likely N-dealkylation sites (N-methyl/N-ethyl adjacent to an activating group) is 2. The van der Waals surface area contributed by atoms with Gasteiger partial charge in [-0.25, -0.2) is 0 Å². The Balaban J connectivity index is 2.53. The van der Waals surface area contributed by atoms with E-state index in [0.717, 1.165) is 19.0 Å². The monoisotopic (exact) mass is 283 g/mol. The van der Waals surface area contributed by atoms with Crippen LogP contribution in [0, 0.1) is 11.8 Å². The second kappa shape index (κ2) is 7.77. The van der Waals surface area contributed by atoms with E-state index in [2.05, 4.69) is 64.0 Å². The van der Waals surface area contributed by atoms with Crippen LogP contribution in [0.3, 0.4) is 0 Å². The van der Waals surface area contributed by atoms with Gasteiger partial charge < -0.3 is 15.1 Å². The first-order chi connectivity index (χ1) is 9.28. The molecule has 0 saturated heterocycles. The fraction of sp³-hybridized carbons (Fsp3) is 1.00. The van der Waals surface area contributed by atoms with Gasteiger partial charge in [-0.1, -0.05) is 27.7 Å². The van der Waals surface area contributed by atoms with Gasteiger partial charge in [-0.3, -0.25) is 0 Å². The second-order valence-corrected chi connectivity index (χ2v) is 7.75. The summed E-state index contributed by atoms with van der Waals surface area (Å²) < 4.78 is 0. The molecule has 0 aromatic rings. The van der Waals surface area contributed by atoms with Crippen LogP contribution in [0.25, 0.3) is 0 Å². The summed E-state index contributed by atoms with van der Waals surface area (Å²) in [5.74, 6) is 1.42. The molecular formula is C17H37N3. The van der Waals surface area contributed by atoms with E-state index in [4.69, 9.17) is 0 Å². The van der Waals surface area contributed by atoms with Gasteiger partial charge in [0, 0.05) is 24.7 Å². The second-order valence-electron chi connectivity index (χ2n) is 7.75. The van der Waals surface area contributed by atoms with Crippen LogP contribution < -0.4 is 5.32 Å². The third-order valence-corrected chi connectivity index (χ3v) is 5.02. The molecule has 3 heteroatoms. The van der Waals surface area contributed by atoms with Crippen LogP contribution in [-0.2, 0) is 0 Å². The Morgan fingerprint density at radius 2 is 1.60 bits per heavy atom. The lowest BCUT2D eigenvalue weighted by atomic mass is 9.75. The first-order valence-electron chi connectivity index (χ1n) is 8.37. The Hall–Kier alpha value is -0.120. The van der Waals surface area contributed by atoms with Crippen LogP contribution in [0.1, 0.15) is 47.0 Å². The molecule has 0 aliphatic heterocycles. The zero-order valence-electron chi connectivity index (χ0n) is 14.9. The lowest BCUT2D eigenvalue weighted by Gasteiger charge is -2.51. The summed E-state index contributed by atoms with van der Waals surface area (Å²) >= 11 is 0. The van der Waals surface area contributed by atoms with Crippen LogP contribution in [0.15, 0.2) is 0 Å². The molecule has 0 spiro atoms. The maximum Gasteiger partial charge on any atom is 0.0330 e. The van der Waals surface area contributed by atoms with Gasteiger partial charge in [0.05, 0.1) is 0 Å². The standard InChI is InChI=1S/C17H37N3/c1-14(2)11-18-12-16(15(3)4)20(7)13-17(19(5)6)9-8-10-17/h14-16,18H,8-13H2,1-7H3. The van der Waals surface area contributed by atoms with Crippen molar-refractivity contribution in [3.05, 3.63) is 0 Å². The molecule has 1 atom stereocenters. The zero-order valence-corrected chi connectivity index (χ0v) is 14.9. The van der Waals surface area contributed by atoms with E-state index in [9.17, 15) is 0 Å². The van der Waals surface area contributed by atoms with Gasteiger partial charge in [0.15, 0.2) is 0 Å². The number of rotatable bonds is 9. The van der Waals surface area contributed by atoms with E-state index >= 15 is 0 Å². The summed E-state index contributed by atoms with van der Waals surface area (Å²) in [6, 6.07) is 0.631. The van der Waals surface area contributed by atoms with Gasteiger partial charge in [-0.15, -0.1) is 0 Å². The molecule has 1 aliphatic rings. The van der Waals surface area contributed by atoms with Crippen molar-refractivity contribution in [1.82, 2.24) is 15.1 Å². The third-order valence-electron chi connectivity index (χ3n) is 5.02. The van der Waals surface area contributed by atoms with E-state index in [1.54, 1.807) is 0 Å². The molecule has 0 radical (unpaired) electrons. The maximum atomic E-state index is 3.64. The summed E-state index contributed by atoms with van der Waals surface area (Å²) in [6.07, 6.45) is 4.10. The molecule has 1 saturated carbocycles. The van der Waals surface area contributed by atoms with Crippen molar-refractivity contribution in [3.63, 3.8) is 0 Å². The molecule has 0 amide bonds. The molecule has 1 N–H and O–H groups in total. The summed E-state index contributed by atoms with van der Waals surface area (Å²) in [6.45, 7) is 12.7. The minimum atomic E-state index is 0.430. The normalized spacial score (nSPS) is 19.9. The highest BCUT2D eigenvalue weighted by Crippen LogP contribution is 2.37. The van der Waals surface area contributed by atoms with Crippen molar-refractivity contribution >= 4 is 0 Å². The topological polar surface area (TPSA) is 18.5 Å². The quantitative estimate of drug-likeness (QED) is 0.702. The lowest BCUT2D eigenvalue weighted by Crippen LogP contribution is -2.59. The molecule has 0 heterocycles. The van der Waals surface area contributed by atoms with E-state index in [1.165, 1.54) is 25.8 Å². The maximum absolute atomic E-state index is 3.64. The van der Waals surface area contributed by atoms with E-state index in [1.807, 2.05) is 0 Å². The Morgan fingerprint density at radius 1 is 1.00 bits per heavy atom. The number of hydrogen-bond donors (Lipinski definition) is 1. The number of nitrogens with one attached hydrogen (secondary N) is 1. The van der Waals surface area contributed by atoms with Crippen LogP contribution in [0.5, 0.6) is 0 Å². The zero-order chi connectivity index (χ0) is 15.3. The van der Waals surface area contributed by atoms with Gasteiger partial charge >= 0.3 is 0 Å². The Morgan fingerprint density at radius 3 is 1.95 bits per heavy atom. The van der Waals surface area contributed by atoms with Crippen LogP contribution in [0.4, 0.5) is 0 Å². The van der Waals surface area contributed by atoms with Crippen molar-refractivity contribution in [3.8, 4) is 0 Å². The van der Waals surface area contributed by atoms with Gasteiger partial charge in [-0.05, 0) is 58.8 Å². The molecule has 120 valence electrons. The molecule has 1 unspecified atom stereocenters. The lowest BCUT2D eigenvalue weighted by molar-refractivity contribution is 0.00982. The first kappa shape index (κ1) is 17.9. The van der Waals surface area contributed by atoms with Crippen molar-refractivity contribution in [1.29, 1.82) is 0 Å². The molecule has 3 nitrogen and oxygen atoms in total. The SMILES string of the molecule is CC(C)CNCC(C(C)C)N(C)CC1(N(C)C)CCC1. The Bertz CT molecular complexity index is 269. The summed E-state index contributed by atoms with van der Waals surface area (Å²) in [5.41, 5.74) is 0.430. The molecule has 0 bridgehead atoms. The summed E-state index contributed by atoms with van der Waals surface area (Å²) in [5, 5.41) is 3.64. The van der Waals surface area contributed by atoms with Gasteiger partial charge in [-0.2, -0.15) is 0 Å². The number of hydrogen-bond acceptors (Lipinski definition) is 3. The molecular weight excluding hydrogens is 246 g/mol. The molecule has 1 rings (SSSR count). The van der Waals surface area contributed by atoms with Gasteiger partial charge in [0.1, 0.15) is 0 Å². The molecule has 20 heavy (non-hydrogen) atoms. The first-order valence-corrected chi connectivity index (χ1v) is 8.37. The molecule has 1 fully saturated rings. The highest BCUT2D eigenvalue weighted by molar-refractivity contribution is 4.99. The van der Waals surface area contributed by atoms with E-state index < -0.39 is 0 Å². The highest BCUT2D eigenvalue weighted by atomic mass is 15.2. The average Bonchev–Trinajstić information content (AvgIpc) is 2.27. The fourth-order valence-electron chi connectivity index (χ4n) is 3.33. The van der Waals surface area contributed by atoms with Crippen molar-refractivity contribution in [2.75, 3.05) is 40.8 Å². The summed E-state index contributed by atoms with van der Waals surface area (Å²) in [7, 11) is 6.80. The minimum Gasteiger partial charge on any atom is -0.315 e. The van der Waals surface area contributed by atoms with Crippen molar-refractivity contribution in [2.45, 2.75) is 58.5 Å². The Kier molecular flexibility index (Phi) is 6.96. The summed E-state index contributed by atoms with van der Waals surface area (Å²) in [4.78, 5) is 5.04. The fourth-order valence-corrected chi connectivity index (χ4v) is 3.33.